The molecule has 9 heteroatoms. The van der Waals surface area contributed by atoms with Crippen LogP contribution in [0, 0.1) is 0 Å². The monoisotopic (exact) mass is 521 g/mol. The van der Waals surface area contributed by atoms with Crippen LogP contribution < -0.4 is 9.62 Å². The van der Waals surface area contributed by atoms with Crippen molar-refractivity contribution in [3.8, 4) is 0 Å². The van der Waals surface area contributed by atoms with Gasteiger partial charge in [0.2, 0.25) is 21.8 Å². The third kappa shape index (κ3) is 8.54. The van der Waals surface area contributed by atoms with Crippen LogP contribution in [-0.4, -0.2) is 50.0 Å². The quantitative estimate of drug-likeness (QED) is 0.448. The van der Waals surface area contributed by atoms with Crippen molar-refractivity contribution in [1.29, 1.82) is 0 Å². The van der Waals surface area contributed by atoms with E-state index >= 15 is 0 Å². The Morgan fingerprint density at radius 2 is 1.66 bits per heavy atom. The topological polar surface area (TPSA) is 86.8 Å². The number of benzene rings is 2. The van der Waals surface area contributed by atoms with Crippen molar-refractivity contribution in [2.45, 2.75) is 65.6 Å². The lowest BCUT2D eigenvalue weighted by molar-refractivity contribution is -0.140. The van der Waals surface area contributed by atoms with E-state index in [9.17, 15) is 18.0 Å². The third-order valence-corrected chi connectivity index (χ3v) is 7.24. The number of halogens is 1. The molecule has 2 amide bonds. The Hall–Kier alpha value is -2.58. The van der Waals surface area contributed by atoms with Crippen molar-refractivity contribution < 1.29 is 18.0 Å². The molecule has 0 aromatic heterocycles. The molecule has 0 saturated carbocycles. The maximum atomic E-state index is 13.3. The van der Waals surface area contributed by atoms with E-state index in [0.717, 1.165) is 23.8 Å². The number of rotatable bonds is 12. The number of hydrogen-bond acceptors (Lipinski definition) is 4. The molecule has 192 valence electrons. The molecule has 2 aromatic rings. The fourth-order valence-electron chi connectivity index (χ4n) is 3.70. The number of amides is 2. The summed E-state index contributed by atoms with van der Waals surface area (Å²) in [6, 6.07) is 13.8. The summed E-state index contributed by atoms with van der Waals surface area (Å²) in [5.41, 5.74) is 2.41. The van der Waals surface area contributed by atoms with Gasteiger partial charge in [0.05, 0.1) is 11.9 Å². The molecule has 2 rings (SSSR count). The molecule has 0 aliphatic carbocycles. The van der Waals surface area contributed by atoms with Crippen LogP contribution in [0.25, 0.3) is 0 Å². The summed E-state index contributed by atoms with van der Waals surface area (Å²) in [7, 11) is -3.53. The smallest absolute Gasteiger partial charge is 0.242 e. The first-order valence-corrected chi connectivity index (χ1v) is 14.1. The molecule has 35 heavy (non-hydrogen) atoms. The maximum absolute atomic E-state index is 13.3. The minimum absolute atomic E-state index is 0.0652. The zero-order chi connectivity index (χ0) is 26.2. The van der Waals surface area contributed by atoms with E-state index in [-0.39, 0.29) is 37.4 Å². The lowest BCUT2D eigenvalue weighted by atomic mass is 10.1. The molecular formula is C26H36ClN3O4S. The number of carbonyl (C=O) groups is 2. The fourth-order valence-corrected chi connectivity index (χ4v) is 4.86. The van der Waals surface area contributed by atoms with Crippen molar-refractivity contribution in [2.24, 2.45) is 0 Å². The van der Waals surface area contributed by atoms with Crippen LogP contribution in [0.3, 0.4) is 0 Å². The first-order chi connectivity index (χ1) is 16.4. The molecule has 0 fully saturated rings. The SMILES string of the molecule is CCc1ccc(N(CCCC(=O)N(Cc2ccccc2Cl)C(C)C(=O)NC(C)C)S(C)(=O)=O)cc1. The summed E-state index contributed by atoms with van der Waals surface area (Å²) < 4.78 is 26.2. The average Bonchev–Trinajstić information content (AvgIpc) is 2.79. The lowest BCUT2D eigenvalue weighted by Gasteiger charge is -2.30. The van der Waals surface area contributed by atoms with Gasteiger partial charge in [-0.3, -0.25) is 13.9 Å². The fraction of sp³-hybridized carbons (Fsp3) is 0.462. The van der Waals surface area contributed by atoms with Gasteiger partial charge in [-0.15, -0.1) is 0 Å². The minimum atomic E-state index is -3.53. The molecule has 0 aliphatic heterocycles. The zero-order valence-corrected chi connectivity index (χ0v) is 22.7. The highest BCUT2D eigenvalue weighted by molar-refractivity contribution is 7.92. The highest BCUT2D eigenvalue weighted by Gasteiger charge is 2.27. The molecule has 0 heterocycles. The molecule has 0 aliphatic rings. The summed E-state index contributed by atoms with van der Waals surface area (Å²) in [4.78, 5) is 27.5. The van der Waals surface area contributed by atoms with Gasteiger partial charge in [0.25, 0.3) is 0 Å². The Bertz CT molecular complexity index is 1100. The lowest BCUT2D eigenvalue weighted by Crippen LogP contribution is -2.49. The van der Waals surface area contributed by atoms with Crippen LogP contribution in [0.15, 0.2) is 48.5 Å². The predicted molar refractivity (Wildman–Crippen MR) is 142 cm³/mol. The van der Waals surface area contributed by atoms with Crippen LogP contribution in [-0.2, 0) is 32.6 Å². The molecule has 0 radical (unpaired) electrons. The van der Waals surface area contributed by atoms with Gasteiger partial charge in [0, 0.05) is 30.6 Å². The number of nitrogens with zero attached hydrogens (tertiary/aromatic N) is 2. The molecule has 2 aromatic carbocycles. The summed E-state index contributed by atoms with van der Waals surface area (Å²) >= 11 is 6.32. The Labute approximate surface area is 214 Å². The molecule has 0 bridgehead atoms. The Balaban J connectivity index is 2.17. The molecule has 1 atom stereocenters. The zero-order valence-electron chi connectivity index (χ0n) is 21.1. The van der Waals surface area contributed by atoms with Crippen molar-refractivity contribution in [3.63, 3.8) is 0 Å². The Morgan fingerprint density at radius 3 is 2.20 bits per heavy atom. The van der Waals surface area contributed by atoms with Crippen LogP contribution in [0.4, 0.5) is 5.69 Å². The molecular weight excluding hydrogens is 486 g/mol. The van der Waals surface area contributed by atoms with E-state index in [1.54, 1.807) is 31.2 Å². The normalized spacial score (nSPS) is 12.3. The van der Waals surface area contributed by atoms with E-state index < -0.39 is 16.1 Å². The van der Waals surface area contributed by atoms with Gasteiger partial charge in [-0.25, -0.2) is 8.42 Å². The summed E-state index contributed by atoms with van der Waals surface area (Å²) in [6.45, 7) is 7.77. The standard InChI is InChI=1S/C26H36ClN3O4S/c1-6-21-13-15-23(16-14-21)30(35(5,33)34)17-9-12-25(31)29(20(4)26(32)28-19(2)3)18-22-10-7-8-11-24(22)27/h7-8,10-11,13-16,19-20H,6,9,12,17-18H2,1-5H3,(H,28,32). The van der Waals surface area contributed by atoms with Gasteiger partial charge in [0.1, 0.15) is 6.04 Å². The molecule has 7 nitrogen and oxygen atoms in total. The molecule has 0 spiro atoms. The van der Waals surface area contributed by atoms with Gasteiger partial charge in [0.15, 0.2) is 0 Å². The van der Waals surface area contributed by atoms with Gasteiger partial charge >= 0.3 is 0 Å². The predicted octanol–water partition coefficient (Wildman–Crippen LogP) is 4.39. The van der Waals surface area contributed by atoms with Crippen LogP contribution in [0.5, 0.6) is 0 Å². The molecule has 0 saturated heterocycles. The number of hydrogen-bond donors (Lipinski definition) is 1. The largest absolute Gasteiger partial charge is 0.352 e. The first-order valence-electron chi connectivity index (χ1n) is 11.8. The van der Waals surface area contributed by atoms with E-state index in [0.29, 0.717) is 17.1 Å². The number of nitrogens with one attached hydrogen (secondary N) is 1. The number of aryl methyl sites for hydroxylation is 1. The first kappa shape index (κ1) is 28.7. The number of carbonyl (C=O) groups excluding carboxylic acids is 2. The van der Waals surface area contributed by atoms with Gasteiger partial charge in [-0.05, 0) is 62.9 Å². The maximum Gasteiger partial charge on any atom is 0.242 e. The van der Waals surface area contributed by atoms with Gasteiger partial charge in [-0.2, -0.15) is 0 Å². The number of anilines is 1. The average molecular weight is 522 g/mol. The second kappa shape index (κ2) is 12.9. The summed E-state index contributed by atoms with van der Waals surface area (Å²) in [5, 5.41) is 3.36. The van der Waals surface area contributed by atoms with E-state index in [1.165, 1.54) is 9.21 Å². The Morgan fingerprint density at radius 1 is 1.03 bits per heavy atom. The third-order valence-electron chi connectivity index (χ3n) is 5.68. The van der Waals surface area contributed by atoms with E-state index in [1.807, 2.05) is 45.0 Å². The second-order valence-corrected chi connectivity index (χ2v) is 11.2. The molecule has 1 N–H and O–H groups in total. The Kier molecular flexibility index (Phi) is 10.6. The van der Waals surface area contributed by atoms with Gasteiger partial charge < -0.3 is 10.2 Å². The summed E-state index contributed by atoms with van der Waals surface area (Å²) in [5.74, 6) is -0.500. The van der Waals surface area contributed by atoms with Crippen LogP contribution in [0.1, 0.15) is 51.7 Å². The van der Waals surface area contributed by atoms with Gasteiger partial charge in [-0.1, -0.05) is 48.9 Å². The van der Waals surface area contributed by atoms with Crippen molar-refractivity contribution in [2.75, 3.05) is 17.1 Å². The highest BCUT2D eigenvalue weighted by atomic mass is 35.5. The van der Waals surface area contributed by atoms with Crippen molar-refractivity contribution in [3.05, 3.63) is 64.7 Å². The van der Waals surface area contributed by atoms with Crippen LogP contribution in [0.2, 0.25) is 5.02 Å². The highest BCUT2D eigenvalue weighted by Crippen LogP contribution is 2.22. The second-order valence-electron chi connectivity index (χ2n) is 8.91. The minimum Gasteiger partial charge on any atom is -0.352 e. The van der Waals surface area contributed by atoms with E-state index in [4.69, 9.17) is 11.6 Å². The van der Waals surface area contributed by atoms with Crippen molar-refractivity contribution in [1.82, 2.24) is 10.2 Å². The van der Waals surface area contributed by atoms with Crippen molar-refractivity contribution >= 4 is 39.1 Å². The number of sulfonamides is 1. The molecule has 1 unspecified atom stereocenters. The summed E-state index contributed by atoms with van der Waals surface area (Å²) in [6.07, 6.45) is 2.41. The van der Waals surface area contributed by atoms with Crippen LogP contribution >= 0.6 is 11.6 Å². The van der Waals surface area contributed by atoms with E-state index in [2.05, 4.69) is 5.32 Å².